The van der Waals surface area contributed by atoms with Crippen LogP contribution in [0, 0.1) is 0 Å². The molecular weight excluding hydrogens is 184 g/mol. The second-order valence-corrected chi connectivity index (χ2v) is 5.27. The zero-order valence-electron chi connectivity index (χ0n) is 7.91. The van der Waals surface area contributed by atoms with Crippen LogP contribution in [0.3, 0.4) is 0 Å². The van der Waals surface area contributed by atoms with Crippen molar-refractivity contribution in [2.75, 3.05) is 26.2 Å². The summed E-state index contributed by atoms with van der Waals surface area (Å²) in [5.74, 6) is 0. The Kier molecular flexibility index (Phi) is 3.49. The fraction of sp³-hybridized carbons (Fsp3) is 1.00. The predicted octanol–water partition coefficient (Wildman–Crippen LogP) is 0.453. The van der Waals surface area contributed by atoms with Gasteiger partial charge in [-0.2, -0.15) is 0 Å². The Balaban J connectivity index is 1.69. The molecule has 0 radical (unpaired) electrons. The molecular formula is C9H18N2OS. The van der Waals surface area contributed by atoms with Crippen LogP contribution in [0.25, 0.3) is 0 Å². The van der Waals surface area contributed by atoms with Crippen molar-refractivity contribution in [3.8, 4) is 0 Å². The van der Waals surface area contributed by atoms with Crippen LogP contribution in [0.15, 0.2) is 0 Å². The third-order valence-corrected chi connectivity index (χ3v) is 4.10. The highest BCUT2D eigenvalue weighted by atomic mass is 32.2. The molecule has 0 saturated carbocycles. The second kappa shape index (κ2) is 4.64. The van der Waals surface area contributed by atoms with Crippen LogP contribution in [0.5, 0.6) is 0 Å². The van der Waals surface area contributed by atoms with E-state index in [0.717, 1.165) is 37.7 Å². The van der Waals surface area contributed by atoms with E-state index in [-0.39, 0.29) is 6.10 Å². The average Bonchev–Trinajstić information content (AvgIpc) is 2.62. The highest BCUT2D eigenvalue weighted by Crippen LogP contribution is 2.25. The van der Waals surface area contributed by atoms with Crippen molar-refractivity contribution in [3.63, 3.8) is 0 Å². The minimum atomic E-state index is -0.0430. The zero-order chi connectivity index (χ0) is 9.10. The summed E-state index contributed by atoms with van der Waals surface area (Å²) < 4.78 is 2.42. The summed E-state index contributed by atoms with van der Waals surface area (Å²) in [5, 5.41) is 13.5. The van der Waals surface area contributed by atoms with Crippen LogP contribution < -0.4 is 5.32 Å². The lowest BCUT2D eigenvalue weighted by Crippen LogP contribution is -2.33. The fourth-order valence-electron chi connectivity index (χ4n) is 1.88. The van der Waals surface area contributed by atoms with Crippen LogP contribution in [-0.4, -0.2) is 46.9 Å². The van der Waals surface area contributed by atoms with Crippen molar-refractivity contribution in [1.29, 1.82) is 0 Å². The maximum Gasteiger partial charge on any atom is 0.0565 e. The number of hydrogen-bond acceptors (Lipinski definition) is 4. The highest BCUT2D eigenvalue weighted by Gasteiger charge is 2.22. The van der Waals surface area contributed by atoms with Gasteiger partial charge in [-0.1, -0.05) is 11.9 Å². The summed E-state index contributed by atoms with van der Waals surface area (Å²) in [6.45, 7) is 4.45. The van der Waals surface area contributed by atoms with Crippen molar-refractivity contribution in [1.82, 2.24) is 9.62 Å². The molecule has 0 spiro atoms. The molecule has 2 rings (SSSR count). The van der Waals surface area contributed by atoms with Crippen LogP contribution in [0.4, 0.5) is 0 Å². The van der Waals surface area contributed by atoms with Gasteiger partial charge in [0.2, 0.25) is 0 Å². The van der Waals surface area contributed by atoms with E-state index in [1.807, 2.05) is 11.9 Å². The second-order valence-electron chi connectivity index (χ2n) is 3.88. The van der Waals surface area contributed by atoms with Gasteiger partial charge in [-0.3, -0.25) is 4.31 Å². The van der Waals surface area contributed by atoms with Crippen molar-refractivity contribution in [2.45, 2.75) is 30.6 Å². The van der Waals surface area contributed by atoms with Gasteiger partial charge in [0.1, 0.15) is 0 Å². The molecule has 2 saturated heterocycles. The van der Waals surface area contributed by atoms with Crippen LogP contribution in [0.2, 0.25) is 0 Å². The first-order valence-electron chi connectivity index (χ1n) is 5.15. The minimum Gasteiger partial charge on any atom is -0.393 e. The molecule has 2 heterocycles. The normalized spacial score (nSPS) is 32.5. The summed E-state index contributed by atoms with van der Waals surface area (Å²) in [4.78, 5) is 0. The lowest BCUT2D eigenvalue weighted by molar-refractivity contribution is 0.116. The Bertz CT molecular complexity index is 154. The number of nitrogens with zero attached hydrogens (tertiary/aromatic N) is 1. The maximum atomic E-state index is 9.34. The van der Waals surface area contributed by atoms with E-state index >= 15 is 0 Å². The molecule has 1 unspecified atom stereocenters. The van der Waals surface area contributed by atoms with Gasteiger partial charge in [-0.15, -0.1) is 0 Å². The first-order chi connectivity index (χ1) is 6.34. The van der Waals surface area contributed by atoms with Crippen molar-refractivity contribution in [2.24, 2.45) is 0 Å². The summed E-state index contributed by atoms with van der Waals surface area (Å²) in [6.07, 6.45) is 3.16. The molecule has 0 aliphatic carbocycles. The van der Waals surface area contributed by atoms with Gasteiger partial charge in [-0.25, -0.2) is 0 Å². The Morgan fingerprint density at radius 1 is 1.23 bits per heavy atom. The van der Waals surface area contributed by atoms with Crippen molar-refractivity contribution >= 4 is 11.9 Å². The van der Waals surface area contributed by atoms with E-state index in [4.69, 9.17) is 0 Å². The number of piperidine rings is 1. The highest BCUT2D eigenvalue weighted by molar-refractivity contribution is 7.97. The molecule has 0 aromatic carbocycles. The number of rotatable bonds is 2. The van der Waals surface area contributed by atoms with E-state index in [2.05, 4.69) is 9.62 Å². The van der Waals surface area contributed by atoms with Gasteiger partial charge in [-0.05, 0) is 25.8 Å². The largest absolute Gasteiger partial charge is 0.393 e. The molecule has 13 heavy (non-hydrogen) atoms. The third-order valence-electron chi connectivity index (χ3n) is 2.74. The molecule has 3 nitrogen and oxygen atoms in total. The Hall–Kier alpha value is 0.230. The van der Waals surface area contributed by atoms with Gasteiger partial charge in [0.05, 0.1) is 6.10 Å². The SMILES string of the molecule is OC1CCN(SC2CCNC2)CC1. The molecule has 0 amide bonds. The van der Waals surface area contributed by atoms with E-state index < -0.39 is 0 Å². The van der Waals surface area contributed by atoms with E-state index in [1.165, 1.54) is 13.0 Å². The van der Waals surface area contributed by atoms with Gasteiger partial charge >= 0.3 is 0 Å². The Labute approximate surface area is 84.0 Å². The molecule has 4 heteroatoms. The Morgan fingerprint density at radius 2 is 2.00 bits per heavy atom. The van der Waals surface area contributed by atoms with E-state index in [1.54, 1.807) is 0 Å². The van der Waals surface area contributed by atoms with Crippen molar-refractivity contribution < 1.29 is 5.11 Å². The zero-order valence-corrected chi connectivity index (χ0v) is 8.72. The summed E-state index contributed by atoms with van der Waals surface area (Å²) >= 11 is 1.99. The quantitative estimate of drug-likeness (QED) is 0.638. The molecule has 0 bridgehead atoms. The van der Waals surface area contributed by atoms with E-state index in [0.29, 0.717) is 0 Å². The number of aliphatic hydroxyl groups is 1. The van der Waals surface area contributed by atoms with Gasteiger partial charge in [0.25, 0.3) is 0 Å². The van der Waals surface area contributed by atoms with Gasteiger partial charge in [0.15, 0.2) is 0 Å². The topological polar surface area (TPSA) is 35.5 Å². The average molecular weight is 202 g/mol. The Morgan fingerprint density at radius 3 is 2.62 bits per heavy atom. The number of nitrogens with one attached hydrogen (secondary N) is 1. The standard InChI is InChI=1S/C9H18N2OS/c12-8-2-5-11(6-3-8)13-9-1-4-10-7-9/h8-10,12H,1-7H2. The molecule has 2 aliphatic rings. The third kappa shape index (κ3) is 2.84. The molecule has 2 N–H and O–H groups in total. The number of aliphatic hydroxyl groups excluding tert-OH is 1. The fourth-order valence-corrected chi connectivity index (χ4v) is 3.14. The molecule has 0 aromatic heterocycles. The molecule has 2 aliphatic heterocycles. The van der Waals surface area contributed by atoms with Gasteiger partial charge in [0, 0.05) is 24.9 Å². The van der Waals surface area contributed by atoms with Gasteiger partial charge < -0.3 is 10.4 Å². The monoisotopic (exact) mass is 202 g/mol. The first-order valence-corrected chi connectivity index (χ1v) is 5.99. The maximum absolute atomic E-state index is 9.34. The lowest BCUT2D eigenvalue weighted by Gasteiger charge is -2.30. The van der Waals surface area contributed by atoms with Crippen molar-refractivity contribution in [3.05, 3.63) is 0 Å². The van der Waals surface area contributed by atoms with E-state index in [9.17, 15) is 5.11 Å². The minimum absolute atomic E-state index is 0.0430. The summed E-state index contributed by atoms with van der Waals surface area (Å²) in [5.41, 5.74) is 0. The first kappa shape index (κ1) is 9.77. The molecule has 76 valence electrons. The van der Waals surface area contributed by atoms with Crippen LogP contribution in [-0.2, 0) is 0 Å². The predicted molar refractivity (Wildman–Crippen MR) is 55.7 cm³/mol. The molecule has 0 aromatic rings. The molecule has 1 atom stereocenters. The summed E-state index contributed by atoms with van der Waals surface area (Å²) in [6, 6.07) is 0. The van der Waals surface area contributed by atoms with Crippen LogP contribution in [0.1, 0.15) is 19.3 Å². The smallest absolute Gasteiger partial charge is 0.0565 e. The molecule has 2 fully saturated rings. The van der Waals surface area contributed by atoms with Crippen LogP contribution >= 0.6 is 11.9 Å². The number of hydrogen-bond donors (Lipinski definition) is 2. The lowest BCUT2D eigenvalue weighted by atomic mass is 10.1. The summed E-state index contributed by atoms with van der Waals surface area (Å²) in [7, 11) is 0.